The molecule has 0 fully saturated rings. The van der Waals surface area contributed by atoms with Gasteiger partial charge in [0.25, 0.3) is 0 Å². The number of carbonyl (C=O) groups is 2. The van der Waals surface area contributed by atoms with Crippen LogP contribution in [0.3, 0.4) is 0 Å². The zero-order valence-corrected chi connectivity index (χ0v) is 21.0. The molecule has 0 unspecified atom stereocenters. The monoisotopic (exact) mass is 524 g/mol. The average Bonchev–Trinajstić information content (AvgIpc) is 3.21. The van der Waals surface area contributed by atoms with Gasteiger partial charge in [0, 0.05) is 38.0 Å². The number of ketones is 1. The lowest BCUT2D eigenvalue weighted by atomic mass is 10.1. The largest absolute Gasteiger partial charge is 0.465 e. The summed E-state index contributed by atoms with van der Waals surface area (Å²) < 4.78 is 7.92. The number of anilines is 1. The van der Waals surface area contributed by atoms with E-state index in [9.17, 15) is 9.59 Å². The molecule has 0 amide bonds. The van der Waals surface area contributed by atoms with Gasteiger partial charge < -0.3 is 14.2 Å². The molecule has 2 heterocycles. The van der Waals surface area contributed by atoms with Crippen LogP contribution in [0.1, 0.15) is 23.9 Å². The maximum Gasteiger partial charge on any atom is 0.343 e. The lowest BCUT2D eigenvalue weighted by Crippen LogP contribution is -2.18. The van der Waals surface area contributed by atoms with Crippen LogP contribution in [-0.2, 0) is 14.3 Å². The molecule has 1 aromatic heterocycles. The Morgan fingerprint density at radius 2 is 1.61 bits per heavy atom. The van der Waals surface area contributed by atoms with E-state index < -0.39 is 5.97 Å². The third-order valence-corrected chi connectivity index (χ3v) is 6.50. The fourth-order valence-electron chi connectivity index (χ4n) is 4.15. The predicted molar refractivity (Wildman–Crippen MR) is 135 cm³/mol. The lowest BCUT2D eigenvalue weighted by molar-refractivity contribution is -0.137. The summed E-state index contributed by atoms with van der Waals surface area (Å²) in [5.74, 6) is -1.01. The maximum absolute atomic E-state index is 13.4. The minimum absolute atomic E-state index is 0.0400. The molecule has 5 nitrogen and oxygen atoms in total. The van der Waals surface area contributed by atoms with E-state index in [4.69, 9.17) is 16.3 Å². The van der Waals surface area contributed by atoms with Gasteiger partial charge in [-0.25, -0.2) is 4.79 Å². The molecule has 0 saturated carbocycles. The van der Waals surface area contributed by atoms with Crippen LogP contribution >= 0.6 is 27.5 Å². The first-order chi connectivity index (χ1) is 15.7. The van der Waals surface area contributed by atoms with Crippen LogP contribution in [0.2, 0.25) is 5.02 Å². The van der Waals surface area contributed by atoms with Crippen molar-refractivity contribution in [1.82, 2.24) is 4.57 Å². The van der Waals surface area contributed by atoms with Crippen LogP contribution in [0.25, 0.3) is 11.8 Å². The van der Waals surface area contributed by atoms with E-state index >= 15 is 0 Å². The Bertz CT molecular complexity index is 1320. The van der Waals surface area contributed by atoms with Gasteiger partial charge in [0.1, 0.15) is 5.57 Å². The zero-order chi connectivity index (χ0) is 23.9. The molecule has 0 aliphatic carbocycles. The SMILES string of the molecule is COC(=O)C1=C(C)N(c2ccc(Br)cc2)/C(=C/c2cc(C)n(-c3ccc(Cl)cc3)c2C)C1=O. The third kappa shape index (κ3) is 4.16. The van der Waals surface area contributed by atoms with Gasteiger partial charge in [-0.2, -0.15) is 0 Å². The highest BCUT2D eigenvalue weighted by Gasteiger charge is 2.38. The highest BCUT2D eigenvalue weighted by Crippen LogP contribution is 2.37. The van der Waals surface area contributed by atoms with Crippen LogP contribution in [0.15, 0.2) is 76.0 Å². The Morgan fingerprint density at radius 3 is 2.21 bits per heavy atom. The third-order valence-electron chi connectivity index (χ3n) is 5.72. The highest BCUT2D eigenvalue weighted by molar-refractivity contribution is 9.10. The molecule has 0 atom stereocenters. The molecular weight excluding hydrogens is 504 g/mol. The van der Waals surface area contributed by atoms with Crippen molar-refractivity contribution in [3.63, 3.8) is 0 Å². The number of aromatic nitrogens is 1. The maximum atomic E-state index is 13.4. The Labute approximate surface area is 206 Å². The summed E-state index contributed by atoms with van der Waals surface area (Å²) in [4.78, 5) is 27.6. The number of benzene rings is 2. The van der Waals surface area contributed by atoms with Crippen molar-refractivity contribution in [1.29, 1.82) is 0 Å². The first-order valence-corrected chi connectivity index (χ1v) is 11.5. The summed E-state index contributed by atoms with van der Waals surface area (Å²) in [5.41, 5.74) is 5.59. The van der Waals surface area contributed by atoms with E-state index in [0.29, 0.717) is 16.4 Å². The van der Waals surface area contributed by atoms with Crippen LogP contribution in [0.5, 0.6) is 0 Å². The van der Waals surface area contributed by atoms with Gasteiger partial charge in [-0.05, 0) is 87.0 Å². The number of allylic oxidation sites excluding steroid dienone is 2. The Morgan fingerprint density at radius 1 is 1.00 bits per heavy atom. The topological polar surface area (TPSA) is 51.5 Å². The number of hydrogen-bond donors (Lipinski definition) is 0. The summed E-state index contributed by atoms with van der Waals surface area (Å²) in [5, 5.41) is 0.669. The number of ether oxygens (including phenoxy) is 1. The second kappa shape index (κ2) is 9.04. The van der Waals surface area contributed by atoms with E-state index in [1.165, 1.54) is 7.11 Å². The standard InChI is InChI=1S/C26H22BrClN2O3/c1-15-13-18(16(2)29(15)21-11-7-20(28)8-12-21)14-23-25(31)24(26(32)33-4)17(3)30(23)22-9-5-19(27)6-10-22/h5-14H,1-4H3/b23-14+. The van der Waals surface area contributed by atoms with Gasteiger partial charge in [-0.15, -0.1) is 0 Å². The molecule has 4 rings (SSSR count). The highest BCUT2D eigenvalue weighted by atomic mass is 79.9. The molecule has 0 saturated heterocycles. The first-order valence-electron chi connectivity index (χ1n) is 10.3. The molecule has 0 N–H and O–H groups in total. The molecular formula is C26H22BrClN2O3. The van der Waals surface area contributed by atoms with Crippen LogP contribution in [-0.4, -0.2) is 23.4 Å². The minimum atomic E-state index is -0.644. The molecule has 1 aliphatic rings. The number of Topliss-reactive ketones (excluding diaryl/α,β-unsaturated/α-hetero) is 1. The average molecular weight is 526 g/mol. The molecule has 33 heavy (non-hydrogen) atoms. The van der Waals surface area contributed by atoms with Crippen molar-refractivity contribution in [3.8, 4) is 5.69 Å². The Kier molecular flexibility index (Phi) is 6.32. The number of halogens is 2. The van der Waals surface area contributed by atoms with E-state index in [2.05, 4.69) is 20.5 Å². The van der Waals surface area contributed by atoms with Crippen molar-refractivity contribution >= 4 is 51.0 Å². The van der Waals surface area contributed by atoms with E-state index in [1.807, 2.05) is 74.5 Å². The summed E-state index contributed by atoms with van der Waals surface area (Å²) >= 11 is 9.50. The van der Waals surface area contributed by atoms with Crippen LogP contribution < -0.4 is 4.90 Å². The van der Waals surface area contributed by atoms with Gasteiger partial charge >= 0.3 is 5.97 Å². The number of aryl methyl sites for hydroxylation is 1. The molecule has 168 valence electrons. The molecule has 7 heteroatoms. The van der Waals surface area contributed by atoms with Gasteiger partial charge in [-0.3, -0.25) is 4.79 Å². The number of nitrogens with zero attached hydrogens (tertiary/aromatic N) is 2. The molecule has 0 radical (unpaired) electrons. The van der Waals surface area contributed by atoms with E-state index in [-0.39, 0.29) is 11.4 Å². The van der Waals surface area contributed by atoms with Crippen molar-refractivity contribution in [2.75, 3.05) is 12.0 Å². The smallest absolute Gasteiger partial charge is 0.343 e. The number of carbonyl (C=O) groups excluding carboxylic acids is 2. The predicted octanol–water partition coefficient (Wildman–Crippen LogP) is 6.39. The second-order valence-corrected chi connectivity index (χ2v) is 9.11. The first kappa shape index (κ1) is 23.1. The fraction of sp³-hybridized carbons (Fsp3) is 0.154. The van der Waals surface area contributed by atoms with Crippen LogP contribution in [0, 0.1) is 13.8 Å². The van der Waals surface area contributed by atoms with Crippen molar-refractivity contribution < 1.29 is 14.3 Å². The van der Waals surface area contributed by atoms with Gasteiger partial charge in [0.05, 0.1) is 12.8 Å². The van der Waals surface area contributed by atoms with Crippen LogP contribution in [0.4, 0.5) is 5.69 Å². The van der Waals surface area contributed by atoms with Crippen molar-refractivity contribution in [2.45, 2.75) is 20.8 Å². The van der Waals surface area contributed by atoms with Crippen molar-refractivity contribution in [2.24, 2.45) is 0 Å². The Hall–Kier alpha value is -3.09. The van der Waals surface area contributed by atoms with Crippen molar-refractivity contribution in [3.05, 3.63) is 98.0 Å². The summed E-state index contributed by atoms with van der Waals surface area (Å²) in [6.07, 6.45) is 1.83. The molecule has 0 bridgehead atoms. The number of esters is 1. The Balaban J connectivity index is 1.86. The zero-order valence-electron chi connectivity index (χ0n) is 18.6. The summed E-state index contributed by atoms with van der Waals surface area (Å²) in [6.45, 7) is 5.76. The quantitative estimate of drug-likeness (QED) is 0.225. The second-order valence-electron chi connectivity index (χ2n) is 7.76. The van der Waals surface area contributed by atoms with E-state index in [1.54, 1.807) is 11.8 Å². The van der Waals surface area contributed by atoms with Gasteiger partial charge in [-0.1, -0.05) is 27.5 Å². The van der Waals surface area contributed by atoms with E-state index in [0.717, 1.165) is 32.8 Å². The summed E-state index contributed by atoms with van der Waals surface area (Å²) in [6, 6.07) is 17.2. The summed E-state index contributed by atoms with van der Waals surface area (Å²) in [7, 11) is 1.28. The minimum Gasteiger partial charge on any atom is -0.465 e. The molecule has 3 aromatic rings. The lowest BCUT2D eigenvalue weighted by Gasteiger charge is -2.21. The number of rotatable bonds is 4. The van der Waals surface area contributed by atoms with Gasteiger partial charge in [0.15, 0.2) is 0 Å². The normalized spacial score (nSPS) is 15.0. The molecule has 0 spiro atoms. The molecule has 1 aliphatic heterocycles. The number of methoxy groups -OCH3 is 1. The fourth-order valence-corrected chi connectivity index (χ4v) is 4.54. The number of hydrogen-bond acceptors (Lipinski definition) is 4. The van der Waals surface area contributed by atoms with Gasteiger partial charge in [0.2, 0.25) is 5.78 Å². The molecule has 2 aromatic carbocycles.